The molecule has 0 saturated heterocycles. The second-order valence-corrected chi connectivity index (χ2v) is 7.30. The Morgan fingerprint density at radius 1 is 1.10 bits per heavy atom. The highest BCUT2D eigenvalue weighted by Gasteiger charge is 2.24. The van der Waals surface area contributed by atoms with E-state index in [4.69, 9.17) is 14.6 Å². The lowest BCUT2D eigenvalue weighted by Crippen LogP contribution is -2.08. The molecule has 1 aliphatic heterocycles. The number of nitrogens with zero attached hydrogens (tertiary/aromatic N) is 3. The molecule has 0 radical (unpaired) electrons. The van der Waals surface area contributed by atoms with Crippen molar-refractivity contribution in [3.05, 3.63) is 57.6 Å². The van der Waals surface area contributed by atoms with Gasteiger partial charge >= 0.3 is 0 Å². The van der Waals surface area contributed by atoms with Gasteiger partial charge < -0.3 is 14.8 Å². The van der Waals surface area contributed by atoms with Gasteiger partial charge in [0.2, 0.25) is 0 Å². The number of ether oxygens (including phenoxy) is 2. The highest BCUT2D eigenvalue weighted by Crippen LogP contribution is 2.38. The van der Waals surface area contributed by atoms with Crippen molar-refractivity contribution in [1.82, 2.24) is 9.78 Å². The van der Waals surface area contributed by atoms with Crippen LogP contribution >= 0.6 is 0 Å². The second-order valence-electron chi connectivity index (χ2n) is 7.30. The maximum Gasteiger partial charge on any atom is 0.271 e. The molecule has 1 aromatic heterocycles. The topological polar surface area (TPSA) is 91.5 Å². The highest BCUT2D eigenvalue weighted by atomic mass is 16.6. The number of methoxy groups -OCH3 is 2. The Morgan fingerprint density at radius 3 is 2.50 bits per heavy atom. The molecule has 1 aliphatic rings. The summed E-state index contributed by atoms with van der Waals surface area (Å²) in [5, 5.41) is 19.7. The molecule has 156 valence electrons. The number of hydrogen-bond donors (Lipinski definition) is 1. The summed E-state index contributed by atoms with van der Waals surface area (Å²) in [6, 6.07) is 10.5. The predicted octanol–water partition coefficient (Wildman–Crippen LogP) is 4.52. The minimum absolute atomic E-state index is 0.0399. The molecule has 0 bridgehead atoms. The summed E-state index contributed by atoms with van der Waals surface area (Å²) in [6.07, 6.45) is 2.95. The van der Waals surface area contributed by atoms with Crippen LogP contribution in [0.5, 0.6) is 11.5 Å². The molecule has 0 fully saturated rings. The number of nitro benzene ring substituents is 1. The van der Waals surface area contributed by atoms with Crippen molar-refractivity contribution in [2.75, 3.05) is 26.1 Å². The van der Waals surface area contributed by atoms with Gasteiger partial charge in [0, 0.05) is 35.9 Å². The van der Waals surface area contributed by atoms with Crippen molar-refractivity contribution in [3.63, 3.8) is 0 Å². The molecule has 8 nitrogen and oxygen atoms in total. The number of aromatic nitrogens is 2. The number of benzene rings is 2. The van der Waals surface area contributed by atoms with Gasteiger partial charge in [-0.25, -0.2) is 4.68 Å². The van der Waals surface area contributed by atoms with Crippen LogP contribution in [0.15, 0.2) is 36.4 Å². The molecule has 0 atom stereocenters. The molecule has 4 rings (SSSR count). The quantitative estimate of drug-likeness (QED) is 0.493. The van der Waals surface area contributed by atoms with Crippen LogP contribution in [-0.4, -0.2) is 35.5 Å². The summed E-state index contributed by atoms with van der Waals surface area (Å²) in [5.41, 5.74) is 4.44. The van der Waals surface area contributed by atoms with Crippen molar-refractivity contribution in [3.8, 4) is 28.4 Å². The zero-order valence-electron chi connectivity index (χ0n) is 17.3. The first kappa shape index (κ1) is 19.8. The van der Waals surface area contributed by atoms with E-state index >= 15 is 0 Å². The van der Waals surface area contributed by atoms with Crippen LogP contribution in [0.1, 0.15) is 24.0 Å². The van der Waals surface area contributed by atoms with Crippen molar-refractivity contribution < 1.29 is 14.4 Å². The van der Waals surface area contributed by atoms with E-state index in [1.165, 1.54) is 6.07 Å². The molecular formula is C22H24N4O4. The van der Waals surface area contributed by atoms with Crippen LogP contribution in [0.2, 0.25) is 0 Å². The van der Waals surface area contributed by atoms with Gasteiger partial charge in [0.1, 0.15) is 17.3 Å². The number of non-ortho nitro benzene ring substituents is 1. The number of anilines is 1. The van der Waals surface area contributed by atoms with E-state index < -0.39 is 0 Å². The van der Waals surface area contributed by atoms with Crippen LogP contribution in [0.3, 0.4) is 0 Å². The van der Waals surface area contributed by atoms with E-state index in [-0.39, 0.29) is 10.6 Å². The van der Waals surface area contributed by atoms with Gasteiger partial charge in [0.25, 0.3) is 5.69 Å². The summed E-state index contributed by atoms with van der Waals surface area (Å²) in [7, 11) is 3.23. The van der Waals surface area contributed by atoms with Crippen molar-refractivity contribution in [2.24, 2.45) is 0 Å². The Labute approximate surface area is 174 Å². The number of aryl methyl sites for hydroxylation is 1. The number of fused-ring (bicyclic) bond motifs is 1. The van der Waals surface area contributed by atoms with E-state index in [0.717, 1.165) is 54.0 Å². The zero-order valence-corrected chi connectivity index (χ0v) is 17.3. The zero-order chi connectivity index (χ0) is 21.3. The Kier molecular flexibility index (Phi) is 5.31. The van der Waals surface area contributed by atoms with E-state index in [1.807, 2.05) is 25.1 Å². The summed E-state index contributed by atoms with van der Waals surface area (Å²) < 4.78 is 12.7. The summed E-state index contributed by atoms with van der Waals surface area (Å²) in [6.45, 7) is 2.76. The number of hydrogen-bond acceptors (Lipinski definition) is 6. The summed E-state index contributed by atoms with van der Waals surface area (Å²) in [4.78, 5) is 11.0. The molecule has 8 heteroatoms. The third-order valence-electron chi connectivity index (χ3n) is 5.39. The highest BCUT2D eigenvalue weighted by molar-refractivity contribution is 5.74. The standard InChI is InChI=1S/C22H24N4O4/c1-14-7-8-16(26(27)28)12-20(14)25-22-19(6-4-5-9-23-22)21(24-25)15-10-17(29-2)13-18(11-15)30-3/h7-8,10-13,23H,4-6,9H2,1-3H3. The largest absolute Gasteiger partial charge is 0.497 e. The maximum absolute atomic E-state index is 11.3. The smallest absolute Gasteiger partial charge is 0.271 e. The minimum atomic E-state index is -0.383. The Hall–Kier alpha value is -3.55. The first-order chi connectivity index (χ1) is 14.5. The van der Waals surface area contributed by atoms with Crippen LogP contribution in [0.25, 0.3) is 16.9 Å². The first-order valence-electron chi connectivity index (χ1n) is 9.86. The Morgan fingerprint density at radius 2 is 1.83 bits per heavy atom. The van der Waals surface area contributed by atoms with Crippen molar-refractivity contribution in [1.29, 1.82) is 0 Å². The fourth-order valence-electron chi connectivity index (χ4n) is 3.79. The fraction of sp³-hybridized carbons (Fsp3) is 0.318. The van der Waals surface area contributed by atoms with Gasteiger partial charge in [-0.05, 0) is 43.9 Å². The average molecular weight is 408 g/mol. The molecule has 3 aromatic rings. The monoisotopic (exact) mass is 408 g/mol. The third kappa shape index (κ3) is 3.56. The van der Waals surface area contributed by atoms with E-state index in [2.05, 4.69) is 5.32 Å². The van der Waals surface area contributed by atoms with Crippen molar-refractivity contribution >= 4 is 11.5 Å². The molecule has 1 N–H and O–H groups in total. The number of nitro groups is 1. The van der Waals surface area contributed by atoms with E-state index in [0.29, 0.717) is 17.2 Å². The minimum Gasteiger partial charge on any atom is -0.497 e. The van der Waals surface area contributed by atoms with Gasteiger partial charge in [-0.1, -0.05) is 6.07 Å². The molecule has 0 unspecified atom stereocenters. The van der Waals surface area contributed by atoms with Crippen molar-refractivity contribution in [2.45, 2.75) is 26.2 Å². The lowest BCUT2D eigenvalue weighted by Gasteiger charge is -2.11. The number of nitrogens with one attached hydrogen (secondary N) is 1. The van der Waals surface area contributed by atoms with Gasteiger partial charge in [0.15, 0.2) is 0 Å². The molecular weight excluding hydrogens is 384 g/mol. The lowest BCUT2D eigenvalue weighted by molar-refractivity contribution is -0.384. The Balaban J connectivity index is 1.95. The molecule has 0 saturated carbocycles. The number of rotatable bonds is 5. The van der Waals surface area contributed by atoms with Crippen LogP contribution in [-0.2, 0) is 6.42 Å². The van der Waals surface area contributed by atoms with Gasteiger partial charge in [-0.15, -0.1) is 0 Å². The maximum atomic E-state index is 11.3. The summed E-state index contributed by atoms with van der Waals surface area (Å²) in [5.74, 6) is 2.24. The predicted molar refractivity (Wildman–Crippen MR) is 115 cm³/mol. The Bertz CT molecular complexity index is 1080. The summed E-state index contributed by atoms with van der Waals surface area (Å²) >= 11 is 0. The molecule has 0 spiro atoms. The lowest BCUT2D eigenvalue weighted by atomic mass is 10.0. The molecule has 0 aliphatic carbocycles. The van der Waals surface area contributed by atoms with E-state index in [9.17, 15) is 10.1 Å². The van der Waals surface area contributed by atoms with Gasteiger partial charge in [-0.3, -0.25) is 10.1 Å². The fourth-order valence-corrected chi connectivity index (χ4v) is 3.79. The van der Waals surface area contributed by atoms with Crippen LogP contribution in [0.4, 0.5) is 11.5 Å². The third-order valence-corrected chi connectivity index (χ3v) is 5.39. The van der Waals surface area contributed by atoms with Gasteiger partial charge in [-0.2, -0.15) is 5.10 Å². The van der Waals surface area contributed by atoms with Crippen LogP contribution in [0, 0.1) is 17.0 Å². The molecule has 0 amide bonds. The second kappa shape index (κ2) is 8.06. The average Bonchev–Trinajstić information content (AvgIpc) is 2.93. The molecule has 2 heterocycles. The molecule has 30 heavy (non-hydrogen) atoms. The van der Waals surface area contributed by atoms with Gasteiger partial charge in [0.05, 0.1) is 30.5 Å². The molecule has 2 aromatic carbocycles. The normalized spacial score (nSPS) is 13.2. The SMILES string of the molecule is COc1cc(OC)cc(-c2nn(-c3cc([N+](=O)[O-])ccc3C)c3c2CCCCN3)c1. The van der Waals surface area contributed by atoms with E-state index in [1.54, 1.807) is 31.0 Å². The van der Waals surface area contributed by atoms with Crippen LogP contribution < -0.4 is 14.8 Å². The first-order valence-corrected chi connectivity index (χ1v) is 9.86.